The lowest BCUT2D eigenvalue weighted by Gasteiger charge is -2.20. The third-order valence-corrected chi connectivity index (χ3v) is 3.63. The number of hydrogen-bond acceptors (Lipinski definition) is 1. The molecule has 0 amide bonds. The Labute approximate surface area is 128 Å². The summed E-state index contributed by atoms with van der Waals surface area (Å²) in [7, 11) is 0. The maximum Gasteiger partial charge on any atom is 0.126 e. The fourth-order valence-electron chi connectivity index (χ4n) is 2.33. The highest BCUT2D eigenvalue weighted by Crippen LogP contribution is 2.26. The van der Waals surface area contributed by atoms with Crippen molar-refractivity contribution >= 4 is 11.6 Å². The Hall–Kier alpha value is -1.45. The maximum absolute atomic E-state index is 13.3. The quantitative estimate of drug-likeness (QED) is 0.800. The minimum atomic E-state index is -0.557. The van der Waals surface area contributed by atoms with Gasteiger partial charge in [-0.25, -0.2) is 8.78 Å². The number of halogens is 3. The Morgan fingerprint density at radius 2 is 1.76 bits per heavy atom. The molecule has 112 valence electrons. The van der Waals surface area contributed by atoms with Crippen molar-refractivity contribution in [2.75, 3.05) is 6.54 Å². The second-order valence-electron chi connectivity index (χ2n) is 5.01. The second-order valence-corrected chi connectivity index (χ2v) is 5.42. The zero-order valence-corrected chi connectivity index (χ0v) is 12.6. The molecule has 0 heterocycles. The van der Waals surface area contributed by atoms with Crippen LogP contribution in [0.4, 0.5) is 8.78 Å². The molecule has 0 aliphatic carbocycles. The zero-order valence-electron chi connectivity index (χ0n) is 11.9. The molecule has 0 aliphatic heterocycles. The summed E-state index contributed by atoms with van der Waals surface area (Å²) in [6, 6.07) is 11.1. The van der Waals surface area contributed by atoms with Gasteiger partial charge < -0.3 is 5.32 Å². The van der Waals surface area contributed by atoms with E-state index in [0.29, 0.717) is 17.0 Å². The van der Waals surface area contributed by atoms with E-state index in [9.17, 15) is 8.78 Å². The second kappa shape index (κ2) is 7.53. The Morgan fingerprint density at radius 3 is 2.38 bits per heavy atom. The third kappa shape index (κ3) is 4.51. The first-order valence-corrected chi connectivity index (χ1v) is 7.40. The van der Waals surface area contributed by atoms with Crippen LogP contribution in [0.3, 0.4) is 0 Å². The lowest BCUT2D eigenvalue weighted by Crippen LogP contribution is -2.24. The van der Waals surface area contributed by atoms with Crippen LogP contribution in [0.1, 0.15) is 30.5 Å². The highest BCUT2D eigenvalue weighted by Gasteiger charge is 2.15. The Kier molecular flexibility index (Phi) is 5.71. The molecule has 0 bridgehead atoms. The van der Waals surface area contributed by atoms with Crippen molar-refractivity contribution in [2.45, 2.75) is 25.8 Å². The van der Waals surface area contributed by atoms with Crippen LogP contribution >= 0.6 is 11.6 Å². The van der Waals surface area contributed by atoms with Gasteiger partial charge in [0.15, 0.2) is 0 Å². The van der Waals surface area contributed by atoms with Crippen LogP contribution in [0.2, 0.25) is 5.02 Å². The highest BCUT2D eigenvalue weighted by molar-refractivity contribution is 6.31. The van der Waals surface area contributed by atoms with Crippen molar-refractivity contribution in [3.05, 3.63) is 70.2 Å². The molecule has 1 atom stereocenters. The van der Waals surface area contributed by atoms with E-state index in [0.717, 1.165) is 24.6 Å². The fourth-order valence-corrected chi connectivity index (χ4v) is 2.60. The van der Waals surface area contributed by atoms with E-state index in [2.05, 4.69) is 12.2 Å². The molecule has 0 aliphatic rings. The van der Waals surface area contributed by atoms with E-state index in [-0.39, 0.29) is 6.04 Å². The Balaban J connectivity index is 2.26. The molecule has 1 nitrogen and oxygen atoms in total. The summed E-state index contributed by atoms with van der Waals surface area (Å²) in [6.45, 7) is 2.88. The predicted molar refractivity (Wildman–Crippen MR) is 82.5 cm³/mol. The number of hydrogen-bond donors (Lipinski definition) is 1. The van der Waals surface area contributed by atoms with Crippen LogP contribution < -0.4 is 5.32 Å². The number of benzene rings is 2. The summed E-state index contributed by atoms with van der Waals surface area (Å²) in [4.78, 5) is 0. The molecule has 0 spiro atoms. The van der Waals surface area contributed by atoms with Crippen LogP contribution in [0, 0.1) is 11.6 Å². The SMILES string of the molecule is CCCNC(Cc1cc(F)cc(F)c1)c1ccccc1Cl. The molecule has 2 aromatic rings. The first-order chi connectivity index (χ1) is 10.1. The van der Waals surface area contributed by atoms with E-state index >= 15 is 0 Å². The van der Waals surface area contributed by atoms with Crippen LogP contribution in [0.5, 0.6) is 0 Å². The van der Waals surface area contributed by atoms with Crippen molar-refractivity contribution in [3.63, 3.8) is 0 Å². The predicted octanol–water partition coefficient (Wildman–Crippen LogP) is 4.90. The van der Waals surface area contributed by atoms with Crippen molar-refractivity contribution in [2.24, 2.45) is 0 Å². The summed E-state index contributed by atoms with van der Waals surface area (Å²) >= 11 is 6.24. The Morgan fingerprint density at radius 1 is 1.10 bits per heavy atom. The molecule has 0 fully saturated rings. The van der Waals surface area contributed by atoms with Crippen molar-refractivity contribution in [3.8, 4) is 0 Å². The molecule has 1 unspecified atom stereocenters. The van der Waals surface area contributed by atoms with Crippen LogP contribution in [-0.4, -0.2) is 6.54 Å². The first kappa shape index (κ1) is 15.9. The van der Waals surface area contributed by atoms with Crippen molar-refractivity contribution < 1.29 is 8.78 Å². The topological polar surface area (TPSA) is 12.0 Å². The summed E-state index contributed by atoms with van der Waals surface area (Å²) < 4.78 is 26.7. The number of rotatable bonds is 6. The molecular formula is C17H18ClF2N. The van der Waals surface area contributed by atoms with Gasteiger partial charge in [0.25, 0.3) is 0 Å². The average Bonchev–Trinajstić information content (AvgIpc) is 2.43. The van der Waals surface area contributed by atoms with Gasteiger partial charge in [-0.05, 0) is 48.7 Å². The van der Waals surface area contributed by atoms with Gasteiger partial charge in [0.2, 0.25) is 0 Å². The standard InChI is InChI=1S/C17H18ClF2N/c1-2-7-21-17(15-5-3-4-6-16(15)18)10-12-8-13(19)11-14(20)9-12/h3-6,8-9,11,17,21H,2,7,10H2,1H3. The largest absolute Gasteiger partial charge is 0.310 e. The summed E-state index contributed by atoms with van der Waals surface area (Å²) in [5, 5.41) is 4.04. The molecule has 0 aromatic heterocycles. The molecule has 0 radical (unpaired) electrons. The van der Waals surface area contributed by atoms with E-state index in [1.807, 2.05) is 24.3 Å². The van der Waals surface area contributed by atoms with Gasteiger partial charge in [-0.2, -0.15) is 0 Å². The van der Waals surface area contributed by atoms with Gasteiger partial charge in [-0.15, -0.1) is 0 Å². The molecule has 2 rings (SSSR count). The molecule has 0 saturated carbocycles. The highest BCUT2D eigenvalue weighted by atomic mass is 35.5. The monoisotopic (exact) mass is 309 g/mol. The van der Waals surface area contributed by atoms with E-state index in [4.69, 9.17) is 11.6 Å². The van der Waals surface area contributed by atoms with Gasteiger partial charge in [0.1, 0.15) is 11.6 Å². The lowest BCUT2D eigenvalue weighted by molar-refractivity contribution is 0.522. The minimum absolute atomic E-state index is 0.0696. The van der Waals surface area contributed by atoms with Crippen LogP contribution in [0.15, 0.2) is 42.5 Å². The van der Waals surface area contributed by atoms with Gasteiger partial charge in [0.05, 0.1) is 0 Å². The smallest absolute Gasteiger partial charge is 0.126 e. The summed E-state index contributed by atoms with van der Waals surface area (Å²) in [5.74, 6) is -1.11. The lowest BCUT2D eigenvalue weighted by atomic mass is 9.98. The van der Waals surface area contributed by atoms with Gasteiger partial charge in [0, 0.05) is 17.1 Å². The van der Waals surface area contributed by atoms with E-state index < -0.39 is 11.6 Å². The van der Waals surface area contributed by atoms with Crippen LogP contribution in [0.25, 0.3) is 0 Å². The van der Waals surface area contributed by atoms with Gasteiger partial charge in [-0.1, -0.05) is 36.7 Å². The van der Waals surface area contributed by atoms with Crippen molar-refractivity contribution in [1.29, 1.82) is 0 Å². The molecule has 1 N–H and O–H groups in total. The molecule has 4 heteroatoms. The zero-order chi connectivity index (χ0) is 15.2. The average molecular weight is 310 g/mol. The summed E-state index contributed by atoms with van der Waals surface area (Å²) in [5.41, 5.74) is 1.55. The molecule has 0 saturated heterocycles. The molecule has 21 heavy (non-hydrogen) atoms. The normalized spacial score (nSPS) is 12.4. The maximum atomic E-state index is 13.3. The Bertz CT molecular complexity index is 581. The summed E-state index contributed by atoms with van der Waals surface area (Å²) in [6.07, 6.45) is 1.46. The van der Waals surface area contributed by atoms with Crippen LogP contribution in [-0.2, 0) is 6.42 Å². The van der Waals surface area contributed by atoms with Gasteiger partial charge >= 0.3 is 0 Å². The van der Waals surface area contributed by atoms with E-state index in [1.54, 1.807) is 0 Å². The van der Waals surface area contributed by atoms with Crippen molar-refractivity contribution in [1.82, 2.24) is 5.32 Å². The number of nitrogens with one attached hydrogen (secondary N) is 1. The van der Waals surface area contributed by atoms with Gasteiger partial charge in [-0.3, -0.25) is 0 Å². The van der Waals surface area contributed by atoms with E-state index in [1.165, 1.54) is 12.1 Å². The minimum Gasteiger partial charge on any atom is -0.310 e. The first-order valence-electron chi connectivity index (χ1n) is 7.03. The molecular weight excluding hydrogens is 292 g/mol. The fraction of sp³-hybridized carbons (Fsp3) is 0.294. The third-order valence-electron chi connectivity index (χ3n) is 3.28. The molecule has 2 aromatic carbocycles.